The standard InChI is InChI=1S/C18H20F2N2O5/c1-21(10-12-4-6-15(25-2)14(8-12)22(23)24)11-13-5-7-16(26-3)17(9-13)27-18(19)20/h4-9,18H,10-11H2,1-3H3. The Morgan fingerprint density at radius 1 is 1.00 bits per heavy atom. The average molecular weight is 382 g/mol. The van der Waals surface area contributed by atoms with E-state index in [1.807, 2.05) is 11.9 Å². The molecule has 146 valence electrons. The van der Waals surface area contributed by atoms with Crippen molar-refractivity contribution in [1.29, 1.82) is 0 Å². The lowest BCUT2D eigenvalue weighted by molar-refractivity contribution is -0.385. The normalized spacial score (nSPS) is 10.9. The highest BCUT2D eigenvalue weighted by Crippen LogP contribution is 2.31. The van der Waals surface area contributed by atoms with Crippen molar-refractivity contribution in [2.45, 2.75) is 19.7 Å². The van der Waals surface area contributed by atoms with E-state index in [9.17, 15) is 18.9 Å². The van der Waals surface area contributed by atoms with Gasteiger partial charge in [-0.2, -0.15) is 8.78 Å². The zero-order chi connectivity index (χ0) is 20.0. The van der Waals surface area contributed by atoms with Crippen LogP contribution in [0.3, 0.4) is 0 Å². The molecule has 2 rings (SSSR count). The van der Waals surface area contributed by atoms with Gasteiger partial charge in [0.15, 0.2) is 17.2 Å². The maximum Gasteiger partial charge on any atom is 0.387 e. The number of rotatable bonds is 9. The molecule has 0 spiro atoms. The molecule has 9 heteroatoms. The van der Waals surface area contributed by atoms with Gasteiger partial charge in [-0.25, -0.2) is 0 Å². The fraction of sp³-hybridized carbons (Fsp3) is 0.333. The van der Waals surface area contributed by atoms with Crippen molar-refractivity contribution in [2.24, 2.45) is 0 Å². The number of nitrogens with zero attached hydrogens (tertiary/aromatic N) is 2. The molecular formula is C18H20F2N2O5. The number of hydrogen-bond donors (Lipinski definition) is 0. The first-order valence-electron chi connectivity index (χ1n) is 7.95. The van der Waals surface area contributed by atoms with Crippen LogP contribution >= 0.6 is 0 Å². The molecule has 0 fully saturated rings. The Bertz CT molecular complexity index is 801. The summed E-state index contributed by atoms with van der Waals surface area (Å²) in [6.07, 6.45) is 0. The Kier molecular flexibility index (Phi) is 6.89. The second-order valence-electron chi connectivity index (χ2n) is 5.80. The van der Waals surface area contributed by atoms with Crippen LogP contribution in [-0.2, 0) is 13.1 Å². The molecule has 0 saturated carbocycles. The summed E-state index contributed by atoms with van der Waals surface area (Å²) in [5.74, 6) is 0.362. The number of nitro benzene ring substituents is 1. The number of alkyl halides is 2. The molecule has 0 aliphatic carbocycles. The van der Waals surface area contributed by atoms with Crippen LogP contribution in [0.2, 0.25) is 0 Å². The largest absolute Gasteiger partial charge is 0.493 e. The quantitative estimate of drug-likeness (QED) is 0.485. The molecule has 2 aromatic carbocycles. The molecule has 2 aromatic rings. The molecule has 0 aliphatic rings. The summed E-state index contributed by atoms with van der Waals surface area (Å²) in [6, 6.07) is 9.51. The number of ether oxygens (including phenoxy) is 3. The number of nitro groups is 1. The van der Waals surface area contributed by atoms with E-state index in [1.165, 1.54) is 26.4 Å². The summed E-state index contributed by atoms with van der Waals surface area (Å²) in [4.78, 5) is 12.5. The lowest BCUT2D eigenvalue weighted by Crippen LogP contribution is -2.17. The van der Waals surface area contributed by atoms with Crippen molar-refractivity contribution < 1.29 is 27.9 Å². The molecule has 0 atom stereocenters. The van der Waals surface area contributed by atoms with Crippen molar-refractivity contribution in [3.63, 3.8) is 0 Å². The molecule has 0 saturated heterocycles. The van der Waals surface area contributed by atoms with Crippen LogP contribution in [0.4, 0.5) is 14.5 Å². The van der Waals surface area contributed by atoms with Gasteiger partial charge in [0.2, 0.25) is 0 Å². The maximum absolute atomic E-state index is 12.5. The molecule has 0 unspecified atom stereocenters. The van der Waals surface area contributed by atoms with Crippen LogP contribution in [0, 0.1) is 10.1 Å². The monoisotopic (exact) mass is 382 g/mol. The van der Waals surface area contributed by atoms with Gasteiger partial charge in [0.25, 0.3) is 0 Å². The summed E-state index contributed by atoms with van der Waals surface area (Å²) in [5.41, 5.74) is 1.35. The molecule has 0 N–H and O–H groups in total. The number of hydrogen-bond acceptors (Lipinski definition) is 6. The first-order chi connectivity index (χ1) is 12.8. The second-order valence-corrected chi connectivity index (χ2v) is 5.80. The van der Waals surface area contributed by atoms with Gasteiger partial charge < -0.3 is 14.2 Å². The Labute approximate surface area is 155 Å². The topological polar surface area (TPSA) is 74.1 Å². The predicted octanol–water partition coefficient (Wildman–Crippen LogP) is 3.85. The van der Waals surface area contributed by atoms with E-state index in [1.54, 1.807) is 24.3 Å². The molecule has 0 heterocycles. The van der Waals surface area contributed by atoms with E-state index >= 15 is 0 Å². The third kappa shape index (κ3) is 5.52. The van der Waals surface area contributed by atoms with E-state index in [0.717, 1.165) is 11.1 Å². The van der Waals surface area contributed by atoms with Gasteiger partial charge in [-0.15, -0.1) is 0 Å². The molecule has 0 aromatic heterocycles. The van der Waals surface area contributed by atoms with Crippen molar-refractivity contribution in [2.75, 3.05) is 21.3 Å². The van der Waals surface area contributed by atoms with Crippen LogP contribution in [-0.4, -0.2) is 37.7 Å². The van der Waals surface area contributed by atoms with Crippen molar-refractivity contribution in [3.05, 3.63) is 57.6 Å². The van der Waals surface area contributed by atoms with Crippen LogP contribution in [0.25, 0.3) is 0 Å². The Morgan fingerprint density at radius 3 is 2.07 bits per heavy atom. The van der Waals surface area contributed by atoms with Crippen LogP contribution in [0.5, 0.6) is 17.2 Å². The molecule has 0 amide bonds. The smallest absolute Gasteiger partial charge is 0.387 e. The van der Waals surface area contributed by atoms with Crippen molar-refractivity contribution >= 4 is 5.69 Å². The van der Waals surface area contributed by atoms with Gasteiger partial charge in [0.05, 0.1) is 19.1 Å². The van der Waals surface area contributed by atoms with E-state index in [4.69, 9.17) is 9.47 Å². The predicted molar refractivity (Wildman–Crippen MR) is 94.4 cm³/mol. The average Bonchev–Trinajstić information content (AvgIpc) is 2.61. The summed E-state index contributed by atoms with van der Waals surface area (Å²) >= 11 is 0. The van der Waals surface area contributed by atoms with E-state index in [-0.39, 0.29) is 22.9 Å². The van der Waals surface area contributed by atoms with Gasteiger partial charge in [0.1, 0.15) is 0 Å². The summed E-state index contributed by atoms with van der Waals surface area (Å²) < 4.78 is 39.5. The highest BCUT2D eigenvalue weighted by molar-refractivity contribution is 5.48. The van der Waals surface area contributed by atoms with E-state index in [0.29, 0.717) is 13.1 Å². The van der Waals surface area contributed by atoms with Gasteiger partial charge in [0, 0.05) is 19.2 Å². The van der Waals surface area contributed by atoms with Gasteiger partial charge in [-0.05, 0) is 36.4 Å². The minimum absolute atomic E-state index is 0.0431. The van der Waals surface area contributed by atoms with E-state index < -0.39 is 11.5 Å². The van der Waals surface area contributed by atoms with Gasteiger partial charge >= 0.3 is 12.3 Å². The minimum Gasteiger partial charge on any atom is -0.493 e. The third-order valence-electron chi connectivity index (χ3n) is 3.79. The fourth-order valence-corrected chi connectivity index (χ4v) is 2.66. The summed E-state index contributed by atoms with van der Waals surface area (Å²) in [6.45, 7) is -2.11. The lowest BCUT2D eigenvalue weighted by Gasteiger charge is -2.18. The first-order valence-corrected chi connectivity index (χ1v) is 7.95. The highest BCUT2D eigenvalue weighted by Gasteiger charge is 2.16. The lowest BCUT2D eigenvalue weighted by atomic mass is 10.1. The molecule has 0 aliphatic heterocycles. The summed E-state index contributed by atoms with van der Waals surface area (Å²) in [5, 5.41) is 11.1. The molecular weight excluding hydrogens is 362 g/mol. The fourth-order valence-electron chi connectivity index (χ4n) is 2.66. The van der Waals surface area contributed by atoms with E-state index in [2.05, 4.69) is 4.74 Å². The van der Waals surface area contributed by atoms with Gasteiger partial charge in [-0.1, -0.05) is 12.1 Å². The zero-order valence-corrected chi connectivity index (χ0v) is 15.1. The highest BCUT2D eigenvalue weighted by atomic mass is 19.3. The summed E-state index contributed by atoms with van der Waals surface area (Å²) in [7, 11) is 4.56. The van der Waals surface area contributed by atoms with Crippen molar-refractivity contribution in [1.82, 2.24) is 4.90 Å². The Balaban J connectivity index is 2.12. The Morgan fingerprint density at radius 2 is 1.56 bits per heavy atom. The molecule has 0 bridgehead atoms. The number of halogens is 2. The van der Waals surface area contributed by atoms with Gasteiger partial charge in [-0.3, -0.25) is 15.0 Å². The molecule has 7 nitrogen and oxygen atoms in total. The van der Waals surface area contributed by atoms with Crippen LogP contribution in [0.15, 0.2) is 36.4 Å². The van der Waals surface area contributed by atoms with Crippen LogP contribution < -0.4 is 14.2 Å². The number of methoxy groups -OCH3 is 2. The zero-order valence-electron chi connectivity index (χ0n) is 15.1. The van der Waals surface area contributed by atoms with Crippen molar-refractivity contribution in [3.8, 4) is 17.2 Å². The maximum atomic E-state index is 12.5. The molecule has 0 radical (unpaired) electrons. The minimum atomic E-state index is -2.95. The van der Waals surface area contributed by atoms with Crippen LogP contribution in [0.1, 0.15) is 11.1 Å². The second kappa shape index (κ2) is 9.13. The number of benzene rings is 2. The third-order valence-corrected chi connectivity index (χ3v) is 3.79. The molecule has 27 heavy (non-hydrogen) atoms. The Hall–Kier alpha value is -2.94. The SMILES string of the molecule is COc1ccc(CN(C)Cc2ccc(OC)c([N+](=O)[O-])c2)cc1OC(F)F. The first kappa shape index (κ1) is 20.4.